The molecule has 0 atom stereocenters. The van der Waals surface area contributed by atoms with Crippen LogP contribution in [0.3, 0.4) is 0 Å². The Balaban J connectivity index is 2.06. The smallest absolute Gasteiger partial charge is 0.307 e. The summed E-state index contributed by atoms with van der Waals surface area (Å²) in [5.74, 6) is -0.102. The minimum Gasteiger partial charge on any atom is -0.497 e. The number of hydrogen-bond acceptors (Lipinski definition) is 4. The first kappa shape index (κ1) is 13.2. The lowest BCUT2D eigenvalue weighted by atomic mass is 10.0. The number of carboxylic acid groups (broad SMARTS) is 1. The van der Waals surface area contributed by atoms with E-state index in [2.05, 4.69) is 5.16 Å². The lowest BCUT2D eigenvalue weighted by molar-refractivity contribution is -0.136. The van der Waals surface area contributed by atoms with Gasteiger partial charge in [-0.3, -0.25) is 4.79 Å². The second-order valence-electron chi connectivity index (χ2n) is 4.66. The Hall–Kier alpha value is -2.82. The summed E-state index contributed by atoms with van der Waals surface area (Å²) < 4.78 is 10.4. The van der Waals surface area contributed by atoms with Gasteiger partial charge in [0.25, 0.3) is 0 Å². The standard InChI is InChI=1S/C16H13NO4/c1-20-12-5-3-11(4-6-12)16-13-8-10(9-15(18)19)2-7-14(13)21-17-16/h2-8H,9H2,1H3,(H,18,19). The number of hydrogen-bond donors (Lipinski definition) is 1. The molecule has 5 nitrogen and oxygen atoms in total. The Labute approximate surface area is 120 Å². The first-order valence-electron chi connectivity index (χ1n) is 6.42. The van der Waals surface area contributed by atoms with E-state index in [4.69, 9.17) is 14.4 Å². The lowest BCUT2D eigenvalue weighted by Crippen LogP contribution is -1.99. The quantitative estimate of drug-likeness (QED) is 0.796. The number of aliphatic carboxylic acids is 1. The van der Waals surface area contributed by atoms with Crippen LogP contribution in [0.1, 0.15) is 5.56 Å². The summed E-state index contributed by atoms with van der Waals surface area (Å²) >= 11 is 0. The van der Waals surface area contributed by atoms with Crippen LogP contribution in [0.4, 0.5) is 0 Å². The second kappa shape index (κ2) is 5.28. The summed E-state index contributed by atoms with van der Waals surface area (Å²) in [6.45, 7) is 0. The van der Waals surface area contributed by atoms with Gasteiger partial charge < -0.3 is 14.4 Å². The van der Waals surface area contributed by atoms with E-state index in [9.17, 15) is 4.79 Å². The first-order valence-corrected chi connectivity index (χ1v) is 6.42. The van der Waals surface area contributed by atoms with Crippen molar-refractivity contribution in [3.8, 4) is 17.0 Å². The molecule has 5 heteroatoms. The fourth-order valence-electron chi connectivity index (χ4n) is 2.23. The molecular weight excluding hydrogens is 270 g/mol. The summed E-state index contributed by atoms with van der Waals surface area (Å²) in [7, 11) is 1.61. The molecule has 0 unspecified atom stereocenters. The SMILES string of the molecule is COc1ccc(-c2noc3ccc(CC(=O)O)cc23)cc1. The summed E-state index contributed by atoms with van der Waals surface area (Å²) in [5.41, 5.74) is 2.94. The van der Waals surface area contributed by atoms with Gasteiger partial charge in [-0.25, -0.2) is 0 Å². The molecule has 0 aliphatic heterocycles. The van der Waals surface area contributed by atoms with Crippen molar-refractivity contribution < 1.29 is 19.2 Å². The van der Waals surface area contributed by atoms with Crippen molar-refractivity contribution in [3.05, 3.63) is 48.0 Å². The van der Waals surface area contributed by atoms with Crippen LogP contribution in [-0.2, 0) is 11.2 Å². The van der Waals surface area contributed by atoms with E-state index >= 15 is 0 Å². The van der Waals surface area contributed by atoms with E-state index in [0.717, 1.165) is 16.7 Å². The third-order valence-corrected chi connectivity index (χ3v) is 3.25. The molecule has 0 spiro atoms. The highest BCUT2D eigenvalue weighted by atomic mass is 16.5. The van der Waals surface area contributed by atoms with Gasteiger partial charge in [0, 0.05) is 10.9 Å². The molecule has 0 amide bonds. The monoisotopic (exact) mass is 283 g/mol. The normalized spacial score (nSPS) is 10.7. The predicted molar refractivity (Wildman–Crippen MR) is 77.3 cm³/mol. The molecule has 0 fully saturated rings. The van der Waals surface area contributed by atoms with Gasteiger partial charge in [0.1, 0.15) is 11.4 Å². The van der Waals surface area contributed by atoms with E-state index in [1.54, 1.807) is 25.3 Å². The molecule has 3 aromatic rings. The van der Waals surface area contributed by atoms with E-state index < -0.39 is 5.97 Å². The average Bonchev–Trinajstić information content (AvgIpc) is 2.90. The molecule has 2 aromatic carbocycles. The zero-order chi connectivity index (χ0) is 14.8. The molecule has 3 rings (SSSR count). The van der Waals surface area contributed by atoms with Gasteiger partial charge in [0.2, 0.25) is 0 Å². The third kappa shape index (κ3) is 2.58. The minimum absolute atomic E-state index is 0.0246. The van der Waals surface area contributed by atoms with Crippen molar-refractivity contribution in [2.45, 2.75) is 6.42 Å². The Kier molecular flexibility index (Phi) is 3.31. The maximum Gasteiger partial charge on any atom is 0.307 e. The van der Waals surface area contributed by atoms with Gasteiger partial charge in [-0.1, -0.05) is 11.2 Å². The lowest BCUT2D eigenvalue weighted by Gasteiger charge is -2.01. The second-order valence-corrected chi connectivity index (χ2v) is 4.66. The average molecular weight is 283 g/mol. The van der Waals surface area contributed by atoms with E-state index in [-0.39, 0.29) is 6.42 Å². The maximum absolute atomic E-state index is 10.8. The highest BCUT2D eigenvalue weighted by Crippen LogP contribution is 2.29. The fourth-order valence-corrected chi connectivity index (χ4v) is 2.23. The number of aromatic nitrogens is 1. The van der Waals surface area contributed by atoms with Crippen LogP contribution in [0.2, 0.25) is 0 Å². The third-order valence-electron chi connectivity index (χ3n) is 3.25. The van der Waals surface area contributed by atoms with E-state index in [1.165, 1.54) is 0 Å². The molecule has 0 aliphatic carbocycles. The van der Waals surface area contributed by atoms with Crippen molar-refractivity contribution in [1.82, 2.24) is 5.16 Å². The summed E-state index contributed by atoms with van der Waals surface area (Å²) in [6, 6.07) is 12.8. The van der Waals surface area contributed by atoms with Crippen LogP contribution >= 0.6 is 0 Å². The molecular formula is C16H13NO4. The Morgan fingerprint density at radius 1 is 1.24 bits per heavy atom. The van der Waals surface area contributed by atoms with Crippen molar-refractivity contribution in [1.29, 1.82) is 0 Å². The van der Waals surface area contributed by atoms with Gasteiger partial charge in [-0.15, -0.1) is 0 Å². The molecule has 1 N–H and O–H groups in total. The number of ether oxygens (including phenoxy) is 1. The Morgan fingerprint density at radius 3 is 2.67 bits per heavy atom. The largest absolute Gasteiger partial charge is 0.497 e. The van der Waals surface area contributed by atoms with Gasteiger partial charge in [0.15, 0.2) is 5.58 Å². The summed E-state index contributed by atoms with van der Waals surface area (Å²) in [4.78, 5) is 10.8. The van der Waals surface area contributed by atoms with Crippen LogP contribution in [0.5, 0.6) is 5.75 Å². The minimum atomic E-state index is -0.864. The molecule has 0 saturated carbocycles. The number of carbonyl (C=O) groups is 1. The molecule has 0 radical (unpaired) electrons. The molecule has 0 aliphatic rings. The van der Waals surface area contributed by atoms with Gasteiger partial charge in [0.05, 0.1) is 13.5 Å². The molecule has 1 heterocycles. The Bertz CT molecular complexity index is 790. The first-order chi connectivity index (χ1) is 10.2. The maximum atomic E-state index is 10.8. The van der Waals surface area contributed by atoms with Gasteiger partial charge in [-0.2, -0.15) is 0 Å². The van der Waals surface area contributed by atoms with Crippen molar-refractivity contribution in [2.75, 3.05) is 7.11 Å². The van der Waals surface area contributed by atoms with Crippen molar-refractivity contribution >= 4 is 16.9 Å². The van der Waals surface area contributed by atoms with Crippen LogP contribution in [0, 0.1) is 0 Å². The highest BCUT2D eigenvalue weighted by Gasteiger charge is 2.12. The summed E-state index contributed by atoms with van der Waals surface area (Å²) in [6.07, 6.45) is -0.0246. The van der Waals surface area contributed by atoms with Crippen LogP contribution in [-0.4, -0.2) is 23.3 Å². The van der Waals surface area contributed by atoms with Crippen molar-refractivity contribution in [2.24, 2.45) is 0 Å². The molecule has 1 aromatic heterocycles. The van der Waals surface area contributed by atoms with Crippen LogP contribution in [0.15, 0.2) is 47.0 Å². The number of rotatable bonds is 4. The van der Waals surface area contributed by atoms with Crippen molar-refractivity contribution in [3.63, 3.8) is 0 Å². The van der Waals surface area contributed by atoms with Crippen LogP contribution in [0.25, 0.3) is 22.2 Å². The summed E-state index contributed by atoms with van der Waals surface area (Å²) in [5, 5.41) is 13.8. The molecule has 106 valence electrons. The van der Waals surface area contributed by atoms with Gasteiger partial charge >= 0.3 is 5.97 Å². The zero-order valence-electron chi connectivity index (χ0n) is 11.4. The molecule has 21 heavy (non-hydrogen) atoms. The molecule has 0 bridgehead atoms. The van der Waals surface area contributed by atoms with E-state index in [0.29, 0.717) is 16.8 Å². The number of fused-ring (bicyclic) bond motifs is 1. The predicted octanol–water partition coefficient (Wildman–Crippen LogP) is 3.13. The topological polar surface area (TPSA) is 72.6 Å². The van der Waals surface area contributed by atoms with Crippen LogP contribution < -0.4 is 4.74 Å². The highest BCUT2D eigenvalue weighted by molar-refractivity contribution is 5.92. The number of methoxy groups -OCH3 is 1. The van der Waals surface area contributed by atoms with Gasteiger partial charge in [-0.05, 0) is 42.0 Å². The number of carboxylic acids is 1. The molecule has 0 saturated heterocycles. The van der Waals surface area contributed by atoms with E-state index in [1.807, 2.05) is 24.3 Å². The zero-order valence-corrected chi connectivity index (χ0v) is 11.4. The Morgan fingerprint density at radius 2 is 2.00 bits per heavy atom. The fraction of sp³-hybridized carbons (Fsp3) is 0.125. The number of benzene rings is 2. The number of nitrogens with zero attached hydrogens (tertiary/aromatic N) is 1.